The van der Waals surface area contributed by atoms with Crippen molar-refractivity contribution in [1.82, 2.24) is 0 Å². The maximum atomic E-state index is 12.4. The molecule has 0 aliphatic rings. The molecule has 0 saturated heterocycles. The van der Waals surface area contributed by atoms with Crippen molar-refractivity contribution in [2.75, 3.05) is 11.9 Å². The van der Waals surface area contributed by atoms with E-state index in [9.17, 15) is 4.79 Å². The summed E-state index contributed by atoms with van der Waals surface area (Å²) in [6.07, 6.45) is 0. The molecule has 0 saturated carbocycles. The van der Waals surface area contributed by atoms with E-state index in [2.05, 4.69) is 5.32 Å². The van der Waals surface area contributed by atoms with E-state index in [0.717, 1.165) is 16.8 Å². The summed E-state index contributed by atoms with van der Waals surface area (Å²) in [5.41, 5.74) is 4.75. The normalized spacial score (nSPS) is 10.4. The number of para-hydroxylation sites is 1. The molecule has 0 aliphatic heterocycles. The topological polar surface area (TPSA) is 38.3 Å². The quantitative estimate of drug-likeness (QED) is 0.897. The third-order valence-corrected chi connectivity index (χ3v) is 3.50. The summed E-state index contributed by atoms with van der Waals surface area (Å²) in [4.78, 5) is 12.4. The molecule has 2 aromatic carbocycles. The van der Waals surface area contributed by atoms with E-state index in [1.807, 2.05) is 63.2 Å². The number of hydrogen-bond donors (Lipinski definition) is 1. The van der Waals surface area contributed by atoms with Crippen LogP contribution in [0.5, 0.6) is 0 Å². The Kier molecular flexibility index (Phi) is 5.12. The summed E-state index contributed by atoms with van der Waals surface area (Å²) >= 11 is 0. The lowest BCUT2D eigenvalue weighted by molar-refractivity contribution is 0.102. The predicted octanol–water partition coefficient (Wildman–Crippen LogP) is 4.09. The van der Waals surface area contributed by atoms with Gasteiger partial charge in [0.1, 0.15) is 0 Å². The highest BCUT2D eigenvalue weighted by Gasteiger charge is 2.09. The number of amides is 1. The van der Waals surface area contributed by atoms with Crippen molar-refractivity contribution >= 4 is 11.6 Å². The van der Waals surface area contributed by atoms with Gasteiger partial charge < -0.3 is 10.1 Å². The van der Waals surface area contributed by atoms with Gasteiger partial charge in [0.25, 0.3) is 5.91 Å². The molecule has 0 unspecified atom stereocenters. The largest absolute Gasteiger partial charge is 0.377 e. The number of hydrogen-bond acceptors (Lipinski definition) is 2. The van der Waals surface area contributed by atoms with Crippen molar-refractivity contribution in [1.29, 1.82) is 0 Å². The van der Waals surface area contributed by atoms with E-state index in [1.165, 1.54) is 5.56 Å². The van der Waals surface area contributed by atoms with Crippen LogP contribution >= 0.6 is 0 Å². The molecular weight excluding hydrogens is 262 g/mol. The first kappa shape index (κ1) is 15.3. The summed E-state index contributed by atoms with van der Waals surface area (Å²) in [7, 11) is 0. The van der Waals surface area contributed by atoms with E-state index >= 15 is 0 Å². The van der Waals surface area contributed by atoms with Crippen LogP contribution in [0.15, 0.2) is 42.5 Å². The second kappa shape index (κ2) is 7.04. The summed E-state index contributed by atoms with van der Waals surface area (Å²) in [5, 5.41) is 2.96. The Hall–Kier alpha value is -2.13. The Morgan fingerprint density at radius 1 is 1.10 bits per heavy atom. The Morgan fingerprint density at radius 3 is 2.57 bits per heavy atom. The van der Waals surface area contributed by atoms with E-state index < -0.39 is 0 Å². The number of anilines is 1. The van der Waals surface area contributed by atoms with Crippen LogP contribution in [0.25, 0.3) is 0 Å². The third kappa shape index (κ3) is 3.92. The van der Waals surface area contributed by atoms with Gasteiger partial charge in [-0.25, -0.2) is 0 Å². The van der Waals surface area contributed by atoms with Crippen molar-refractivity contribution in [2.45, 2.75) is 27.4 Å². The van der Waals surface area contributed by atoms with E-state index in [4.69, 9.17) is 4.74 Å². The van der Waals surface area contributed by atoms with Crippen LogP contribution in [-0.2, 0) is 11.3 Å². The van der Waals surface area contributed by atoms with Crippen molar-refractivity contribution in [2.24, 2.45) is 0 Å². The van der Waals surface area contributed by atoms with Crippen LogP contribution in [0, 0.1) is 13.8 Å². The van der Waals surface area contributed by atoms with Gasteiger partial charge in [-0.1, -0.05) is 24.3 Å². The molecule has 0 bridgehead atoms. The number of nitrogens with one attached hydrogen (secondary N) is 1. The van der Waals surface area contributed by atoms with Gasteiger partial charge in [-0.15, -0.1) is 0 Å². The first-order valence-electron chi connectivity index (χ1n) is 7.16. The molecule has 1 amide bonds. The lowest BCUT2D eigenvalue weighted by atomic mass is 10.1. The number of rotatable bonds is 5. The molecule has 2 rings (SSSR count). The van der Waals surface area contributed by atoms with Crippen molar-refractivity contribution < 1.29 is 9.53 Å². The molecular formula is C18H21NO2. The van der Waals surface area contributed by atoms with Gasteiger partial charge in [0.2, 0.25) is 0 Å². The number of aryl methyl sites for hydroxylation is 2. The maximum absolute atomic E-state index is 12.4. The first-order chi connectivity index (χ1) is 10.1. The number of carbonyl (C=O) groups is 1. The van der Waals surface area contributed by atoms with Crippen LogP contribution in [0.4, 0.5) is 5.69 Å². The van der Waals surface area contributed by atoms with Gasteiger partial charge in [-0.05, 0) is 50.1 Å². The van der Waals surface area contributed by atoms with Gasteiger partial charge in [0.05, 0.1) is 6.61 Å². The summed E-state index contributed by atoms with van der Waals surface area (Å²) in [6, 6.07) is 13.4. The van der Waals surface area contributed by atoms with Crippen molar-refractivity contribution in [3.63, 3.8) is 0 Å². The molecule has 110 valence electrons. The van der Waals surface area contributed by atoms with Gasteiger partial charge in [0.15, 0.2) is 0 Å². The van der Waals surface area contributed by atoms with Gasteiger partial charge in [-0.2, -0.15) is 0 Å². The molecule has 21 heavy (non-hydrogen) atoms. The van der Waals surface area contributed by atoms with Gasteiger partial charge in [-0.3, -0.25) is 4.79 Å². The van der Waals surface area contributed by atoms with Gasteiger partial charge in [0, 0.05) is 23.4 Å². The zero-order valence-electron chi connectivity index (χ0n) is 12.8. The number of ether oxygens (including phenoxy) is 1. The highest BCUT2D eigenvalue weighted by Crippen LogP contribution is 2.18. The lowest BCUT2D eigenvalue weighted by Gasteiger charge is -2.11. The summed E-state index contributed by atoms with van der Waals surface area (Å²) in [5.74, 6) is -0.0953. The van der Waals surface area contributed by atoms with E-state index in [1.54, 1.807) is 0 Å². The average Bonchev–Trinajstić information content (AvgIpc) is 2.49. The standard InChI is InChI=1S/C18H21NO2/c1-4-21-12-16-7-5-6-8-17(16)19-18(20)15-10-9-13(2)14(3)11-15/h5-11H,4,12H2,1-3H3,(H,19,20). The van der Waals surface area contributed by atoms with Crippen molar-refractivity contribution in [3.05, 3.63) is 64.7 Å². The van der Waals surface area contributed by atoms with Crippen LogP contribution in [0.3, 0.4) is 0 Å². The zero-order chi connectivity index (χ0) is 15.2. The Bertz CT molecular complexity index is 635. The Balaban J connectivity index is 2.17. The smallest absolute Gasteiger partial charge is 0.255 e. The minimum Gasteiger partial charge on any atom is -0.377 e. The fraction of sp³-hybridized carbons (Fsp3) is 0.278. The molecule has 0 aliphatic carbocycles. The SMILES string of the molecule is CCOCc1ccccc1NC(=O)c1ccc(C)c(C)c1. The third-order valence-electron chi connectivity index (χ3n) is 3.50. The molecule has 3 heteroatoms. The first-order valence-corrected chi connectivity index (χ1v) is 7.16. The van der Waals surface area contributed by atoms with E-state index in [0.29, 0.717) is 18.8 Å². The highest BCUT2D eigenvalue weighted by atomic mass is 16.5. The molecule has 1 N–H and O–H groups in total. The summed E-state index contributed by atoms with van der Waals surface area (Å²) in [6.45, 7) is 7.15. The lowest BCUT2D eigenvalue weighted by Crippen LogP contribution is -2.14. The highest BCUT2D eigenvalue weighted by molar-refractivity contribution is 6.04. The van der Waals surface area contributed by atoms with E-state index in [-0.39, 0.29) is 5.91 Å². The summed E-state index contributed by atoms with van der Waals surface area (Å²) < 4.78 is 5.43. The molecule has 3 nitrogen and oxygen atoms in total. The second-order valence-corrected chi connectivity index (χ2v) is 5.05. The number of carbonyl (C=O) groups excluding carboxylic acids is 1. The molecule has 2 aromatic rings. The second-order valence-electron chi connectivity index (χ2n) is 5.05. The van der Waals surface area contributed by atoms with Crippen LogP contribution in [0.1, 0.15) is 34.0 Å². The van der Waals surface area contributed by atoms with Gasteiger partial charge >= 0.3 is 0 Å². The fourth-order valence-corrected chi connectivity index (χ4v) is 2.06. The predicted molar refractivity (Wildman–Crippen MR) is 85.6 cm³/mol. The fourth-order valence-electron chi connectivity index (χ4n) is 2.06. The Labute approximate surface area is 126 Å². The maximum Gasteiger partial charge on any atom is 0.255 e. The van der Waals surface area contributed by atoms with Crippen molar-refractivity contribution in [3.8, 4) is 0 Å². The molecule has 0 fully saturated rings. The Morgan fingerprint density at radius 2 is 1.86 bits per heavy atom. The minimum absolute atomic E-state index is 0.0953. The zero-order valence-corrected chi connectivity index (χ0v) is 12.8. The molecule has 0 aromatic heterocycles. The molecule has 0 radical (unpaired) electrons. The average molecular weight is 283 g/mol. The molecule has 0 atom stereocenters. The minimum atomic E-state index is -0.0953. The molecule has 0 spiro atoms. The molecule has 0 heterocycles. The number of benzene rings is 2. The van der Waals surface area contributed by atoms with Crippen LogP contribution in [-0.4, -0.2) is 12.5 Å². The monoisotopic (exact) mass is 283 g/mol. The van der Waals surface area contributed by atoms with Crippen LogP contribution in [0.2, 0.25) is 0 Å². The van der Waals surface area contributed by atoms with Crippen LogP contribution < -0.4 is 5.32 Å².